The van der Waals surface area contributed by atoms with E-state index in [4.69, 9.17) is 0 Å². The van der Waals surface area contributed by atoms with Crippen molar-refractivity contribution in [3.05, 3.63) is 16.3 Å². The van der Waals surface area contributed by atoms with E-state index in [2.05, 4.69) is 15.3 Å². The molecule has 0 spiro atoms. The van der Waals surface area contributed by atoms with E-state index in [-0.39, 0.29) is 5.82 Å². The van der Waals surface area contributed by atoms with Crippen LogP contribution in [0.5, 0.6) is 0 Å². The molecule has 1 saturated carbocycles. The van der Waals surface area contributed by atoms with E-state index >= 15 is 0 Å². The molecular formula is C17H18F3N3OS. The van der Waals surface area contributed by atoms with Gasteiger partial charge >= 0.3 is 6.18 Å². The lowest BCUT2D eigenvalue weighted by molar-refractivity contribution is -0.170. The Hall–Kier alpha value is -1.70. The summed E-state index contributed by atoms with van der Waals surface area (Å²) in [5, 5.41) is 4.25. The van der Waals surface area contributed by atoms with E-state index in [1.807, 2.05) is 0 Å². The summed E-state index contributed by atoms with van der Waals surface area (Å²) in [5.41, 5.74) is 1.23. The largest absolute Gasteiger partial charge is 0.450 e. The molecule has 8 heteroatoms. The van der Waals surface area contributed by atoms with Crippen molar-refractivity contribution in [1.29, 1.82) is 0 Å². The van der Waals surface area contributed by atoms with Gasteiger partial charge in [0.1, 0.15) is 16.5 Å². The number of rotatable bonds is 5. The Morgan fingerprint density at radius 3 is 2.68 bits per heavy atom. The summed E-state index contributed by atoms with van der Waals surface area (Å²) in [6.07, 6.45) is 0.846. The van der Waals surface area contributed by atoms with Crippen molar-refractivity contribution in [2.24, 2.45) is 5.92 Å². The quantitative estimate of drug-likeness (QED) is 0.863. The number of alkyl halides is 3. The van der Waals surface area contributed by atoms with Crippen LogP contribution in [-0.2, 0) is 24.1 Å². The van der Waals surface area contributed by atoms with Gasteiger partial charge in [-0.25, -0.2) is 9.97 Å². The lowest BCUT2D eigenvalue weighted by atomic mass is 9.97. The summed E-state index contributed by atoms with van der Waals surface area (Å²) in [4.78, 5) is 21.9. The summed E-state index contributed by atoms with van der Waals surface area (Å²) in [7, 11) is 0. The first-order valence-electron chi connectivity index (χ1n) is 8.57. The number of halogens is 3. The Labute approximate surface area is 146 Å². The minimum atomic E-state index is -4.85. The maximum absolute atomic E-state index is 12.6. The molecule has 0 radical (unpaired) electrons. The highest BCUT2D eigenvalue weighted by Crippen LogP contribution is 2.39. The lowest BCUT2D eigenvalue weighted by Gasteiger charge is -2.13. The molecule has 2 aromatic heterocycles. The highest BCUT2D eigenvalue weighted by atomic mass is 32.1. The number of thiophene rings is 1. The number of hydrogen-bond donors (Lipinski definition) is 1. The van der Waals surface area contributed by atoms with Crippen LogP contribution in [0.4, 0.5) is 19.0 Å². The predicted molar refractivity (Wildman–Crippen MR) is 90.0 cm³/mol. The molecule has 4 rings (SSSR count). The van der Waals surface area contributed by atoms with Crippen molar-refractivity contribution in [1.82, 2.24) is 9.97 Å². The summed E-state index contributed by atoms with van der Waals surface area (Å²) in [6, 6.07) is 0. The van der Waals surface area contributed by atoms with Gasteiger partial charge in [0.05, 0.1) is 11.8 Å². The Morgan fingerprint density at radius 1 is 1.20 bits per heavy atom. The molecule has 0 saturated heterocycles. The first-order valence-corrected chi connectivity index (χ1v) is 9.38. The molecule has 2 heterocycles. The molecule has 4 nitrogen and oxygen atoms in total. The third-order valence-electron chi connectivity index (χ3n) is 4.75. The van der Waals surface area contributed by atoms with Gasteiger partial charge in [0.2, 0.25) is 5.78 Å². The predicted octanol–water partition coefficient (Wildman–Crippen LogP) is 4.07. The van der Waals surface area contributed by atoms with E-state index in [0.29, 0.717) is 16.6 Å². The minimum Gasteiger partial charge on any atom is -0.369 e. The fourth-order valence-corrected chi connectivity index (χ4v) is 4.50. The third kappa shape index (κ3) is 3.49. The number of ketones is 1. The van der Waals surface area contributed by atoms with Crippen LogP contribution in [0.1, 0.15) is 41.9 Å². The number of Topliss-reactive ketones (excluding diaryl/α,β-unsaturated/α-hetero) is 1. The van der Waals surface area contributed by atoms with Gasteiger partial charge in [-0.3, -0.25) is 4.79 Å². The SMILES string of the molecule is O=C(Cc1nc(NCC2CC2)c2c3c(sc2n1)CCCC3)C(F)(F)F. The molecule has 0 atom stereocenters. The average Bonchev–Trinajstić information content (AvgIpc) is 3.30. The smallest absolute Gasteiger partial charge is 0.369 e. The zero-order valence-electron chi connectivity index (χ0n) is 13.6. The summed E-state index contributed by atoms with van der Waals surface area (Å²) < 4.78 is 37.7. The molecule has 0 amide bonds. The van der Waals surface area contributed by atoms with Crippen LogP contribution in [0.3, 0.4) is 0 Å². The number of nitrogens with zero attached hydrogens (tertiary/aromatic N) is 2. The Bertz CT molecular complexity index is 827. The Morgan fingerprint density at radius 2 is 1.96 bits per heavy atom. The molecule has 2 aliphatic carbocycles. The molecule has 1 N–H and O–H groups in total. The van der Waals surface area contributed by atoms with Crippen molar-refractivity contribution < 1.29 is 18.0 Å². The number of carbonyl (C=O) groups is 1. The third-order valence-corrected chi connectivity index (χ3v) is 5.94. The molecule has 0 aliphatic heterocycles. The standard InChI is InChI=1S/C17H18F3N3OS/c18-17(19,20)12(24)7-13-22-15(21-8-9-5-6-9)14-10-3-1-2-4-11(10)25-16(14)23-13/h9H,1-8H2,(H,21,22,23). The maximum Gasteiger partial charge on any atom is 0.450 e. The van der Waals surface area contributed by atoms with E-state index in [9.17, 15) is 18.0 Å². The van der Waals surface area contributed by atoms with Gasteiger partial charge in [0, 0.05) is 11.4 Å². The van der Waals surface area contributed by atoms with Gasteiger partial charge in [-0.15, -0.1) is 11.3 Å². The number of hydrogen-bond acceptors (Lipinski definition) is 5. The number of aryl methyl sites for hydroxylation is 2. The lowest BCUT2D eigenvalue weighted by Crippen LogP contribution is -2.25. The van der Waals surface area contributed by atoms with Gasteiger partial charge in [-0.1, -0.05) is 0 Å². The summed E-state index contributed by atoms with van der Waals surface area (Å²) in [5.74, 6) is -0.644. The molecule has 0 bridgehead atoms. The minimum absolute atomic E-state index is 0.0493. The fourth-order valence-electron chi connectivity index (χ4n) is 3.22. The molecule has 0 aromatic carbocycles. The van der Waals surface area contributed by atoms with Crippen LogP contribution in [0.2, 0.25) is 0 Å². The van der Waals surface area contributed by atoms with Crippen LogP contribution in [0.15, 0.2) is 0 Å². The monoisotopic (exact) mass is 369 g/mol. The highest BCUT2D eigenvalue weighted by Gasteiger charge is 2.38. The Kier molecular flexibility index (Phi) is 4.17. The van der Waals surface area contributed by atoms with Crippen LogP contribution in [0, 0.1) is 5.92 Å². The van der Waals surface area contributed by atoms with Gasteiger partial charge in [-0.05, 0) is 50.0 Å². The van der Waals surface area contributed by atoms with Crippen molar-refractivity contribution in [2.75, 3.05) is 11.9 Å². The van der Waals surface area contributed by atoms with Crippen LogP contribution < -0.4 is 5.32 Å². The van der Waals surface area contributed by atoms with Crippen molar-refractivity contribution in [2.45, 2.75) is 51.1 Å². The molecule has 2 aliphatic rings. The van der Waals surface area contributed by atoms with Gasteiger partial charge in [0.25, 0.3) is 0 Å². The zero-order valence-corrected chi connectivity index (χ0v) is 14.4. The normalized spacial score (nSPS) is 17.6. The molecule has 134 valence electrons. The number of aromatic nitrogens is 2. The molecule has 1 fully saturated rings. The van der Waals surface area contributed by atoms with Crippen LogP contribution in [-0.4, -0.2) is 28.5 Å². The number of carbonyl (C=O) groups excluding carboxylic acids is 1. The van der Waals surface area contributed by atoms with Crippen LogP contribution >= 0.6 is 11.3 Å². The zero-order chi connectivity index (χ0) is 17.6. The molecular weight excluding hydrogens is 351 g/mol. The number of fused-ring (bicyclic) bond motifs is 3. The first-order chi connectivity index (χ1) is 11.9. The van der Waals surface area contributed by atoms with Crippen molar-refractivity contribution in [3.8, 4) is 0 Å². The topological polar surface area (TPSA) is 54.9 Å². The van der Waals surface area contributed by atoms with Crippen molar-refractivity contribution in [3.63, 3.8) is 0 Å². The number of nitrogens with one attached hydrogen (secondary N) is 1. The fraction of sp³-hybridized carbons (Fsp3) is 0.588. The van der Waals surface area contributed by atoms with Gasteiger partial charge in [0.15, 0.2) is 0 Å². The summed E-state index contributed by atoms with van der Waals surface area (Å²) >= 11 is 1.53. The van der Waals surface area contributed by atoms with Crippen molar-refractivity contribution >= 4 is 33.2 Å². The second-order valence-electron chi connectivity index (χ2n) is 6.80. The second kappa shape index (κ2) is 6.23. The first kappa shape index (κ1) is 16.8. The van der Waals surface area contributed by atoms with Crippen LogP contribution in [0.25, 0.3) is 10.2 Å². The molecule has 2 aromatic rings. The number of anilines is 1. The van der Waals surface area contributed by atoms with E-state index in [1.165, 1.54) is 34.6 Å². The van der Waals surface area contributed by atoms with E-state index < -0.39 is 18.4 Å². The maximum atomic E-state index is 12.6. The highest BCUT2D eigenvalue weighted by molar-refractivity contribution is 7.19. The molecule has 0 unspecified atom stereocenters. The van der Waals surface area contributed by atoms with E-state index in [1.54, 1.807) is 0 Å². The average molecular weight is 369 g/mol. The summed E-state index contributed by atoms with van der Waals surface area (Å²) in [6.45, 7) is 0.767. The van der Waals surface area contributed by atoms with Gasteiger partial charge in [-0.2, -0.15) is 13.2 Å². The second-order valence-corrected chi connectivity index (χ2v) is 7.89. The van der Waals surface area contributed by atoms with E-state index in [0.717, 1.165) is 37.6 Å². The van der Waals surface area contributed by atoms with Gasteiger partial charge < -0.3 is 5.32 Å². The Balaban J connectivity index is 1.73. The molecule has 25 heavy (non-hydrogen) atoms.